The molecule has 0 amide bonds. The molecule has 7 nitrogen and oxygen atoms in total. The Labute approximate surface area is 159 Å². The van der Waals surface area contributed by atoms with E-state index in [9.17, 15) is 4.79 Å². The summed E-state index contributed by atoms with van der Waals surface area (Å²) >= 11 is 0. The average Bonchev–Trinajstić information content (AvgIpc) is 3.23. The molecule has 4 aromatic heterocycles. The van der Waals surface area contributed by atoms with Crippen molar-refractivity contribution >= 4 is 10.9 Å². The van der Waals surface area contributed by atoms with Gasteiger partial charge in [-0.25, -0.2) is 4.68 Å². The third-order valence-electron chi connectivity index (χ3n) is 4.56. The lowest BCUT2D eigenvalue weighted by Crippen LogP contribution is -2.14. The lowest BCUT2D eigenvalue weighted by Gasteiger charge is -2.10. The first kappa shape index (κ1) is 16.1. The first-order valence-electron chi connectivity index (χ1n) is 8.70. The number of H-pyrrole nitrogens is 1. The monoisotopic (exact) mass is 366 g/mol. The highest BCUT2D eigenvalue weighted by Crippen LogP contribution is 2.24. The van der Waals surface area contributed by atoms with Crippen LogP contribution < -0.4 is 5.43 Å². The zero-order valence-corrected chi connectivity index (χ0v) is 14.6. The molecular formula is C21H14N6O. The number of pyridine rings is 2. The highest BCUT2D eigenvalue weighted by atomic mass is 16.1. The van der Waals surface area contributed by atoms with Crippen molar-refractivity contribution in [2.75, 3.05) is 0 Å². The van der Waals surface area contributed by atoms with Gasteiger partial charge in [0.1, 0.15) is 0 Å². The van der Waals surface area contributed by atoms with Gasteiger partial charge in [0.25, 0.3) is 0 Å². The molecule has 5 aromatic rings. The van der Waals surface area contributed by atoms with E-state index >= 15 is 0 Å². The maximum atomic E-state index is 13.2. The number of para-hydroxylation sites is 1. The minimum absolute atomic E-state index is 0.181. The number of rotatable bonds is 3. The molecule has 1 aromatic carbocycles. The molecule has 0 atom stereocenters. The minimum atomic E-state index is -0.181. The van der Waals surface area contributed by atoms with Crippen LogP contribution in [0.5, 0.6) is 0 Å². The van der Waals surface area contributed by atoms with Crippen LogP contribution in [0.2, 0.25) is 0 Å². The van der Waals surface area contributed by atoms with Gasteiger partial charge in [0, 0.05) is 35.7 Å². The Morgan fingerprint density at radius 3 is 2.64 bits per heavy atom. The maximum Gasteiger partial charge on any atom is 0.217 e. The fourth-order valence-corrected chi connectivity index (χ4v) is 3.26. The normalized spacial score (nSPS) is 11.0. The molecule has 0 radical (unpaired) electrons. The molecule has 134 valence electrons. The van der Waals surface area contributed by atoms with E-state index in [-0.39, 0.29) is 5.43 Å². The van der Waals surface area contributed by atoms with Crippen molar-refractivity contribution in [1.82, 2.24) is 29.9 Å². The van der Waals surface area contributed by atoms with Gasteiger partial charge in [-0.2, -0.15) is 10.2 Å². The second-order valence-electron chi connectivity index (χ2n) is 6.19. The summed E-state index contributed by atoms with van der Waals surface area (Å²) in [7, 11) is 0. The van der Waals surface area contributed by atoms with Gasteiger partial charge < -0.3 is 0 Å². The van der Waals surface area contributed by atoms with Crippen molar-refractivity contribution in [3.8, 4) is 28.2 Å². The van der Waals surface area contributed by atoms with Gasteiger partial charge in [-0.1, -0.05) is 18.2 Å². The van der Waals surface area contributed by atoms with E-state index < -0.39 is 0 Å². The number of hydrogen-bond donors (Lipinski definition) is 1. The molecule has 0 spiro atoms. The van der Waals surface area contributed by atoms with Gasteiger partial charge in [0.05, 0.1) is 23.1 Å². The van der Waals surface area contributed by atoms with Crippen LogP contribution in [0.4, 0.5) is 0 Å². The Hall–Kier alpha value is -4.13. The highest BCUT2D eigenvalue weighted by Gasteiger charge is 2.17. The fraction of sp³-hybridized carbons (Fsp3) is 0. The standard InChI is InChI=1S/C21H14N6O/c28-21-16(14-6-10-22-11-7-14)13-24-26-20(21)18-8-12-25-27(18)17-5-1-3-15-4-2-9-23-19(15)17/h1-13H,(H,24,28). The summed E-state index contributed by atoms with van der Waals surface area (Å²) in [5.41, 5.74) is 3.59. The van der Waals surface area contributed by atoms with Crippen LogP contribution in [-0.4, -0.2) is 29.9 Å². The Balaban J connectivity index is 1.72. The number of hydrogen-bond acceptors (Lipinski definition) is 5. The smallest absolute Gasteiger partial charge is 0.217 e. The summed E-state index contributed by atoms with van der Waals surface area (Å²) in [6.07, 6.45) is 8.30. The summed E-state index contributed by atoms with van der Waals surface area (Å²) in [5, 5.41) is 12.5. The summed E-state index contributed by atoms with van der Waals surface area (Å²) in [5.74, 6) is 0. The average molecular weight is 366 g/mol. The summed E-state index contributed by atoms with van der Waals surface area (Å²) in [6.45, 7) is 0. The van der Waals surface area contributed by atoms with Crippen LogP contribution in [0.1, 0.15) is 0 Å². The van der Waals surface area contributed by atoms with E-state index in [0.717, 1.165) is 22.2 Å². The van der Waals surface area contributed by atoms with Crippen LogP contribution in [-0.2, 0) is 0 Å². The lowest BCUT2D eigenvalue weighted by molar-refractivity contribution is 0.880. The molecule has 4 heterocycles. The second-order valence-corrected chi connectivity index (χ2v) is 6.19. The van der Waals surface area contributed by atoms with E-state index in [1.54, 1.807) is 53.9 Å². The first-order valence-corrected chi connectivity index (χ1v) is 8.70. The molecular weight excluding hydrogens is 352 g/mol. The van der Waals surface area contributed by atoms with Crippen molar-refractivity contribution in [3.63, 3.8) is 0 Å². The molecule has 0 aliphatic carbocycles. The number of nitrogens with zero attached hydrogens (tertiary/aromatic N) is 5. The Kier molecular flexibility index (Phi) is 3.76. The Morgan fingerprint density at radius 1 is 0.893 bits per heavy atom. The van der Waals surface area contributed by atoms with E-state index in [0.29, 0.717) is 17.0 Å². The molecule has 7 heteroatoms. The van der Waals surface area contributed by atoms with E-state index in [2.05, 4.69) is 25.3 Å². The van der Waals surface area contributed by atoms with E-state index in [1.165, 1.54) is 0 Å². The summed E-state index contributed by atoms with van der Waals surface area (Å²) in [6, 6.07) is 15.1. The van der Waals surface area contributed by atoms with Gasteiger partial charge in [-0.15, -0.1) is 0 Å². The lowest BCUT2D eigenvalue weighted by atomic mass is 10.1. The molecule has 5 rings (SSSR count). The van der Waals surface area contributed by atoms with E-state index in [1.807, 2.05) is 30.3 Å². The molecule has 0 aliphatic heterocycles. The van der Waals surface area contributed by atoms with Gasteiger partial charge in [0.2, 0.25) is 5.43 Å². The molecule has 28 heavy (non-hydrogen) atoms. The largest absolute Gasteiger partial charge is 0.287 e. The van der Waals surface area contributed by atoms with Crippen LogP contribution in [0, 0.1) is 0 Å². The molecule has 1 N–H and O–H groups in total. The first-order chi connectivity index (χ1) is 13.8. The minimum Gasteiger partial charge on any atom is -0.287 e. The zero-order chi connectivity index (χ0) is 18.9. The Morgan fingerprint density at radius 2 is 1.75 bits per heavy atom. The Bertz CT molecular complexity index is 1330. The second kappa shape index (κ2) is 6.55. The number of fused-ring (bicyclic) bond motifs is 1. The quantitative estimate of drug-likeness (QED) is 0.529. The number of benzene rings is 1. The van der Waals surface area contributed by atoms with Gasteiger partial charge in [-0.3, -0.25) is 19.9 Å². The molecule has 0 aliphatic rings. The van der Waals surface area contributed by atoms with Gasteiger partial charge >= 0.3 is 0 Å². The van der Waals surface area contributed by atoms with Crippen molar-refractivity contribution in [1.29, 1.82) is 0 Å². The summed E-state index contributed by atoms with van der Waals surface area (Å²) < 4.78 is 1.70. The van der Waals surface area contributed by atoms with E-state index in [4.69, 9.17) is 0 Å². The van der Waals surface area contributed by atoms with Crippen LogP contribution >= 0.6 is 0 Å². The van der Waals surface area contributed by atoms with Crippen LogP contribution in [0.25, 0.3) is 39.1 Å². The molecule has 0 unspecified atom stereocenters. The number of aromatic nitrogens is 6. The SMILES string of the molecule is O=c1c(-c2ccncc2)c[nH]nc1-c1ccnn1-c1cccc2cccnc12. The molecule has 0 fully saturated rings. The highest BCUT2D eigenvalue weighted by molar-refractivity contribution is 5.87. The van der Waals surface area contributed by atoms with Crippen LogP contribution in [0.3, 0.4) is 0 Å². The fourth-order valence-electron chi connectivity index (χ4n) is 3.26. The molecule has 0 saturated heterocycles. The third-order valence-corrected chi connectivity index (χ3v) is 4.56. The number of nitrogens with one attached hydrogen (secondary N) is 1. The van der Waals surface area contributed by atoms with Crippen LogP contribution in [0.15, 0.2) is 84.3 Å². The van der Waals surface area contributed by atoms with Crippen molar-refractivity contribution in [2.45, 2.75) is 0 Å². The summed E-state index contributed by atoms with van der Waals surface area (Å²) in [4.78, 5) is 21.6. The van der Waals surface area contributed by atoms with Gasteiger partial charge in [-0.05, 0) is 35.9 Å². The topological polar surface area (TPSA) is 89.4 Å². The predicted octanol–water partition coefficient (Wildman–Crippen LogP) is 3.23. The number of aromatic amines is 1. The third kappa shape index (κ3) is 2.57. The molecule has 0 saturated carbocycles. The zero-order valence-electron chi connectivity index (χ0n) is 14.6. The molecule has 0 bridgehead atoms. The van der Waals surface area contributed by atoms with Gasteiger partial charge in [0.15, 0.2) is 5.69 Å². The van der Waals surface area contributed by atoms with Crippen molar-refractivity contribution in [3.05, 3.63) is 89.7 Å². The van der Waals surface area contributed by atoms with Crippen molar-refractivity contribution < 1.29 is 0 Å². The van der Waals surface area contributed by atoms with Crippen molar-refractivity contribution in [2.24, 2.45) is 0 Å². The maximum absolute atomic E-state index is 13.2. The predicted molar refractivity (Wildman–Crippen MR) is 106 cm³/mol.